The second-order valence-corrected chi connectivity index (χ2v) is 13.1. The maximum absolute atomic E-state index is 14.0. The van der Waals surface area contributed by atoms with Gasteiger partial charge in [-0.1, -0.05) is 38.1 Å². The molecule has 2 bridgehead atoms. The Bertz CT molecular complexity index is 1540. The highest BCUT2D eigenvalue weighted by atomic mass is 19.4. The molecule has 2 aromatic carbocycles. The summed E-state index contributed by atoms with van der Waals surface area (Å²) in [6.07, 6.45) is 1.96. The largest absolute Gasteiger partial charge is 0.504 e. The normalized spacial score (nSPS) is 28.5. The predicted molar refractivity (Wildman–Crippen MR) is 163 cm³/mol. The van der Waals surface area contributed by atoms with Crippen LogP contribution in [0.2, 0.25) is 0 Å². The summed E-state index contributed by atoms with van der Waals surface area (Å²) in [5.74, 6) is -0.154. The van der Waals surface area contributed by atoms with E-state index in [1.54, 1.807) is 11.0 Å². The van der Waals surface area contributed by atoms with Crippen molar-refractivity contribution in [3.8, 4) is 11.5 Å². The molecular weight excluding hydrogens is 585 g/mol. The molecule has 0 unspecified atom stereocenters. The second kappa shape index (κ2) is 11.2. The zero-order chi connectivity index (χ0) is 32.3. The van der Waals surface area contributed by atoms with Crippen molar-refractivity contribution >= 4 is 18.0 Å². The standard InChI is InChI=1S/C35H39F3N2O5/c1-5-17-39-18-16-33-30-24-9-12-27(42)31(30)44-32(33)26(14-15-34(33,28(39)19-24)45-22(4)41)40(20-21(2)3)29(43)13-8-23-6-10-25(11-7-23)35(36,37)38/h5-13,21,26,28,32,42H,1,14-20H2,2-4H3/t26-,28-,32+,33+,34-/m1/s1. The molecule has 45 heavy (non-hydrogen) atoms. The van der Waals surface area contributed by atoms with Gasteiger partial charge in [0.25, 0.3) is 0 Å². The van der Waals surface area contributed by atoms with Crippen LogP contribution in [0.1, 0.15) is 62.3 Å². The molecule has 2 fully saturated rings. The molecule has 4 aliphatic rings. The third kappa shape index (κ3) is 4.92. The number of piperidine rings is 1. The number of alkyl halides is 3. The van der Waals surface area contributed by atoms with Crippen LogP contribution in [0.3, 0.4) is 0 Å². The minimum Gasteiger partial charge on any atom is -0.504 e. The van der Waals surface area contributed by atoms with Crippen LogP contribution in [0.25, 0.3) is 6.08 Å². The van der Waals surface area contributed by atoms with Gasteiger partial charge in [0.05, 0.1) is 23.1 Å². The number of phenols is 1. The lowest BCUT2D eigenvalue weighted by atomic mass is 9.48. The molecule has 5 atom stereocenters. The number of likely N-dealkylation sites (tertiary alicyclic amines) is 1. The van der Waals surface area contributed by atoms with Crippen LogP contribution >= 0.6 is 0 Å². The van der Waals surface area contributed by atoms with Crippen LogP contribution in [0.15, 0.2) is 55.1 Å². The number of hydrogen-bond acceptors (Lipinski definition) is 6. The number of amides is 1. The summed E-state index contributed by atoms with van der Waals surface area (Å²) in [6, 6.07) is 7.69. The Kier molecular flexibility index (Phi) is 7.78. The Morgan fingerprint density at radius 2 is 1.93 bits per heavy atom. The van der Waals surface area contributed by atoms with Gasteiger partial charge >= 0.3 is 12.1 Å². The molecule has 2 aromatic rings. The van der Waals surface area contributed by atoms with E-state index in [1.165, 1.54) is 31.2 Å². The van der Waals surface area contributed by atoms with Crippen molar-refractivity contribution in [2.75, 3.05) is 19.6 Å². The predicted octanol–water partition coefficient (Wildman–Crippen LogP) is 5.89. The fourth-order valence-corrected chi connectivity index (χ4v) is 8.57. The lowest BCUT2D eigenvalue weighted by Gasteiger charge is -2.65. The number of ether oxygens (including phenoxy) is 2. The number of carbonyl (C=O) groups is 2. The van der Waals surface area contributed by atoms with E-state index in [2.05, 4.69) is 11.5 Å². The molecule has 0 radical (unpaired) electrons. The summed E-state index contributed by atoms with van der Waals surface area (Å²) in [5, 5.41) is 11.1. The number of benzene rings is 2. The quantitative estimate of drug-likeness (QED) is 0.224. The van der Waals surface area contributed by atoms with Crippen molar-refractivity contribution < 1.29 is 37.3 Å². The Morgan fingerprint density at radius 3 is 2.58 bits per heavy atom. The van der Waals surface area contributed by atoms with Crippen LogP contribution in [0.5, 0.6) is 11.5 Å². The van der Waals surface area contributed by atoms with Crippen LogP contribution in [0.4, 0.5) is 13.2 Å². The molecule has 1 amide bonds. The molecule has 7 nitrogen and oxygen atoms in total. The van der Waals surface area contributed by atoms with E-state index in [1.807, 2.05) is 26.0 Å². The Labute approximate surface area is 261 Å². The summed E-state index contributed by atoms with van der Waals surface area (Å²) in [4.78, 5) is 30.9. The van der Waals surface area contributed by atoms with Gasteiger partial charge in [0.1, 0.15) is 11.7 Å². The number of rotatable bonds is 8. The average Bonchev–Trinajstić information content (AvgIpc) is 3.33. The highest BCUT2D eigenvalue weighted by Gasteiger charge is 2.75. The van der Waals surface area contributed by atoms with Gasteiger partial charge in [0.2, 0.25) is 5.91 Å². The van der Waals surface area contributed by atoms with Crippen molar-refractivity contribution in [2.24, 2.45) is 5.92 Å². The Morgan fingerprint density at radius 1 is 1.20 bits per heavy atom. The second-order valence-electron chi connectivity index (χ2n) is 13.1. The first-order valence-electron chi connectivity index (χ1n) is 15.5. The minimum absolute atomic E-state index is 0.0175. The van der Waals surface area contributed by atoms with Crippen LogP contribution < -0.4 is 4.74 Å². The van der Waals surface area contributed by atoms with E-state index in [0.717, 1.165) is 23.3 Å². The van der Waals surface area contributed by atoms with Gasteiger partial charge < -0.3 is 19.5 Å². The van der Waals surface area contributed by atoms with Crippen molar-refractivity contribution in [2.45, 2.75) is 81.8 Å². The zero-order valence-corrected chi connectivity index (χ0v) is 25.8. The molecule has 6 rings (SSSR count). The molecular formula is C35H39F3N2O5. The summed E-state index contributed by atoms with van der Waals surface area (Å²) in [7, 11) is 0. The van der Waals surface area contributed by atoms with Crippen molar-refractivity contribution in [3.63, 3.8) is 0 Å². The van der Waals surface area contributed by atoms with Crippen molar-refractivity contribution in [1.29, 1.82) is 0 Å². The molecule has 2 heterocycles. The first-order valence-corrected chi connectivity index (χ1v) is 15.5. The fourth-order valence-electron chi connectivity index (χ4n) is 8.57. The van der Waals surface area contributed by atoms with Crippen LogP contribution in [-0.4, -0.2) is 70.2 Å². The maximum Gasteiger partial charge on any atom is 0.416 e. The smallest absolute Gasteiger partial charge is 0.416 e. The number of hydrogen-bond donors (Lipinski definition) is 1. The van der Waals surface area contributed by atoms with E-state index in [9.17, 15) is 27.9 Å². The van der Waals surface area contributed by atoms with Gasteiger partial charge in [0, 0.05) is 38.2 Å². The third-order valence-corrected chi connectivity index (χ3v) is 10.1. The molecule has 240 valence electrons. The van der Waals surface area contributed by atoms with E-state index in [4.69, 9.17) is 9.47 Å². The van der Waals surface area contributed by atoms with Crippen molar-refractivity contribution in [1.82, 2.24) is 9.80 Å². The first-order chi connectivity index (χ1) is 21.3. The number of nitrogens with zero attached hydrogens (tertiary/aromatic N) is 2. The SMILES string of the molecule is C=CCN1CC[C@]23c4c5ccc(O)c4O[C@H]2[C@H](N(CC(C)C)C(=O)C=Cc2ccc(C(F)(F)F)cc2)CC[C@@]3(OC(C)=O)[C@H]1C5. The van der Waals surface area contributed by atoms with Gasteiger partial charge in [-0.05, 0) is 67.0 Å². The van der Waals surface area contributed by atoms with Gasteiger partial charge in [-0.25, -0.2) is 0 Å². The van der Waals surface area contributed by atoms with Crippen molar-refractivity contribution in [3.05, 3.63) is 77.4 Å². The summed E-state index contributed by atoms with van der Waals surface area (Å²) in [5.41, 5.74) is -0.0910. The molecule has 1 spiro atoms. The van der Waals surface area contributed by atoms with Gasteiger partial charge in [-0.3, -0.25) is 14.5 Å². The zero-order valence-electron chi connectivity index (χ0n) is 25.8. The highest BCUT2D eigenvalue weighted by Crippen LogP contribution is 2.67. The van der Waals surface area contributed by atoms with Gasteiger partial charge in [-0.2, -0.15) is 13.2 Å². The van der Waals surface area contributed by atoms with E-state index in [0.29, 0.717) is 56.6 Å². The minimum atomic E-state index is -4.44. The number of phenolic OH excluding ortho intramolecular Hbond substituents is 1. The molecule has 2 aliphatic carbocycles. The van der Waals surface area contributed by atoms with Crippen LogP contribution in [0, 0.1) is 5.92 Å². The summed E-state index contributed by atoms with van der Waals surface area (Å²) >= 11 is 0. The molecule has 1 saturated carbocycles. The average molecular weight is 625 g/mol. The van der Waals surface area contributed by atoms with E-state index in [-0.39, 0.29) is 29.6 Å². The molecule has 0 aromatic heterocycles. The molecule has 1 saturated heterocycles. The van der Waals surface area contributed by atoms with E-state index >= 15 is 0 Å². The van der Waals surface area contributed by atoms with Gasteiger partial charge in [-0.15, -0.1) is 6.58 Å². The summed E-state index contributed by atoms with van der Waals surface area (Å²) < 4.78 is 52.4. The van der Waals surface area contributed by atoms with Gasteiger partial charge in [0.15, 0.2) is 11.5 Å². The number of aromatic hydroxyl groups is 1. The molecule has 10 heteroatoms. The lowest BCUT2D eigenvalue weighted by molar-refractivity contribution is -0.223. The maximum atomic E-state index is 14.0. The Hall–Kier alpha value is -3.79. The van der Waals surface area contributed by atoms with Crippen LogP contribution in [-0.2, 0) is 32.3 Å². The summed E-state index contributed by atoms with van der Waals surface area (Å²) in [6.45, 7) is 11.2. The number of carbonyl (C=O) groups excluding carboxylic acids is 2. The number of halogens is 3. The first kappa shape index (κ1) is 31.2. The third-order valence-electron chi connectivity index (χ3n) is 10.1. The molecule has 1 N–H and O–H groups in total. The number of esters is 1. The lowest BCUT2D eigenvalue weighted by Crippen LogP contribution is -2.79. The highest BCUT2D eigenvalue weighted by molar-refractivity contribution is 5.92. The fraction of sp³-hybridized carbons (Fsp3) is 0.486. The molecule has 2 aliphatic heterocycles. The van der Waals surface area contributed by atoms with E-state index < -0.39 is 34.9 Å². The monoisotopic (exact) mass is 624 g/mol. The topological polar surface area (TPSA) is 79.3 Å². The Balaban J connectivity index is 1.42.